The molecule has 180 valence electrons. The van der Waals surface area contributed by atoms with Crippen LogP contribution in [0, 0.1) is 0 Å². The maximum Gasteiger partial charge on any atom is 0.234 e. The van der Waals surface area contributed by atoms with E-state index in [0.717, 1.165) is 45.4 Å². The zero-order valence-electron chi connectivity index (χ0n) is 19.8. The molecule has 1 heterocycles. The predicted octanol–water partition coefficient (Wildman–Crippen LogP) is 1.28. The maximum absolute atomic E-state index is 11.9. The number of amides is 1. The van der Waals surface area contributed by atoms with Crippen LogP contribution in [-0.4, -0.2) is 81.4 Å². The fraction of sp³-hybridized carbons (Fsp3) is 0.652. The third kappa shape index (κ3) is 8.20. The molecule has 1 unspecified atom stereocenters. The molecule has 9 nitrogen and oxygen atoms in total. The Kier molecular flexibility index (Phi) is 11.1. The topological polar surface area (TPSA) is 107 Å². The third-order valence-corrected chi connectivity index (χ3v) is 5.43. The lowest BCUT2D eigenvalue weighted by Gasteiger charge is -2.32. The van der Waals surface area contributed by atoms with Crippen molar-refractivity contribution in [1.29, 1.82) is 0 Å². The molecule has 0 radical (unpaired) electrons. The van der Waals surface area contributed by atoms with E-state index < -0.39 is 6.10 Å². The van der Waals surface area contributed by atoms with Gasteiger partial charge in [-0.25, -0.2) is 0 Å². The molecule has 0 saturated carbocycles. The lowest BCUT2D eigenvalue weighted by atomic mass is 10.1. The number of carbonyl (C=O) groups is 1. The lowest BCUT2D eigenvalue weighted by molar-refractivity contribution is -0.122. The molecule has 0 bridgehead atoms. The van der Waals surface area contributed by atoms with Crippen LogP contribution in [0.15, 0.2) is 23.2 Å². The fourth-order valence-corrected chi connectivity index (χ4v) is 3.65. The van der Waals surface area contributed by atoms with Gasteiger partial charge in [-0.15, -0.1) is 0 Å². The number of methoxy groups -OCH3 is 2. The highest BCUT2D eigenvalue weighted by atomic mass is 16.5. The molecule has 32 heavy (non-hydrogen) atoms. The van der Waals surface area contributed by atoms with Crippen LogP contribution in [0.2, 0.25) is 0 Å². The van der Waals surface area contributed by atoms with E-state index in [1.807, 2.05) is 13.8 Å². The Balaban J connectivity index is 1.90. The van der Waals surface area contributed by atoms with Crippen molar-refractivity contribution in [2.24, 2.45) is 4.99 Å². The summed E-state index contributed by atoms with van der Waals surface area (Å²) >= 11 is 0. The van der Waals surface area contributed by atoms with Gasteiger partial charge >= 0.3 is 0 Å². The molecule has 9 heteroatoms. The standard InChI is InChI=1S/C23H39N5O4/c1-5-11-25-22(30)16-28-12-9-17(10-13-28)27-23(24-6-2)26-15-20(29)19-14-18(31-3)7-8-21(19)32-4/h7-8,14,17,20,29H,5-6,9-13,15-16H2,1-4H3,(H,25,30)(H2,24,26,27). The first-order valence-corrected chi connectivity index (χ1v) is 11.4. The van der Waals surface area contributed by atoms with E-state index >= 15 is 0 Å². The molecule has 1 fully saturated rings. The minimum atomic E-state index is -0.820. The highest BCUT2D eigenvalue weighted by Gasteiger charge is 2.22. The average molecular weight is 450 g/mol. The highest BCUT2D eigenvalue weighted by molar-refractivity contribution is 5.80. The molecule has 2 rings (SSSR count). The van der Waals surface area contributed by atoms with Gasteiger partial charge in [0.1, 0.15) is 17.6 Å². The first kappa shape index (κ1) is 25.7. The van der Waals surface area contributed by atoms with Gasteiger partial charge in [-0.05, 0) is 44.4 Å². The zero-order valence-corrected chi connectivity index (χ0v) is 19.8. The number of benzene rings is 1. The molecular weight excluding hydrogens is 410 g/mol. The summed E-state index contributed by atoms with van der Waals surface area (Å²) in [5.74, 6) is 2.02. The van der Waals surface area contributed by atoms with Gasteiger partial charge in [0.25, 0.3) is 0 Å². The van der Waals surface area contributed by atoms with Crippen LogP contribution in [0.4, 0.5) is 0 Å². The number of piperidine rings is 1. The molecule has 0 aliphatic carbocycles. The van der Waals surface area contributed by atoms with Crippen molar-refractivity contribution in [3.05, 3.63) is 23.8 Å². The van der Waals surface area contributed by atoms with Gasteiger partial charge in [0.2, 0.25) is 5.91 Å². The Morgan fingerprint density at radius 1 is 1.22 bits per heavy atom. The van der Waals surface area contributed by atoms with Gasteiger partial charge in [-0.1, -0.05) is 6.92 Å². The van der Waals surface area contributed by atoms with E-state index in [2.05, 4.69) is 25.8 Å². The molecule has 1 aliphatic heterocycles. The largest absolute Gasteiger partial charge is 0.497 e. The Morgan fingerprint density at radius 2 is 1.97 bits per heavy atom. The van der Waals surface area contributed by atoms with Crippen LogP contribution in [0.1, 0.15) is 44.8 Å². The Hall–Kier alpha value is -2.52. The Bertz CT molecular complexity index is 735. The molecule has 0 aromatic heterocycles. The summed E-state index contributed by atoms with van der Waals surface area (Å²) in [6, 6.07) is 5.61. The number of rotatable bonds is 11. The third-order valence-electron chi connectivity index (χ3n) is 5.43. The number of aliphatic hydroxyl groups excluding tert-OH is 1. The molecule has 1 aromatic rings. The summed E-state index contributed by atoms with van der Waals surface area (Å²) in [6.07, 6.45) is 1.98. The van der Waals surface area contributed by atoms with E-state index in [0.29, 0.717) is 29.6 Å². The number of nitrogens with one attached hydrogen (secondary N) is 3. The number of guanidine groups is 1. The second-order valence-corrected chi connectivity index (χ2v) is 7.89. The maximum atomic E-state index is 11.9. The fourth-order valence-electron chi connectivity index (χ4n) is 3.65. The molecule has 1 aromatic carbocycles. The summed E-state index contributed by atoms with van der Waals surface area (Å²) in [7, 11) is 3.17. The number of aliphatic imine (C=N–C) groups is 1. The second kappa shape index (κ2) is 13.8. The molecule has 1 aliphatic rings. The van der Waals surface area contributed by atoms with Crippen molar-refractivity contribution in [2.45, 2.75) is 45.3 Å². The summed E-state index contributed by atoms with van der Waals surface area (Å²) in [6.45, 7) is 7.88. The van der Waals surface area contributed by atoms with Crippen molar-refractivity contribution in [3.63, 3.8) is 0 Å². The summed E-state index contributed by atoms with van der Waals surface area (Å²) in [4.78, 5) is 18.7. The van der Waals surface area contributed by atoms with Gasteiger partial charge in [0.15, 0.2) is 5.96 Å². The average Bonchev–Trinajstić information content (AvgIpc) is 2.81. The quantitative estimate of drug-likeness (QED) is 0.298. The summed E-state index contributed by atoms with van der Waals surface area (Å²) in [5.41, 5.74) is 0.640. The Labute approximate surface area is 191 Å². The van der Waals surface area contributed by atoms with Crippen LogP contribution in [0.3, 0.4) is 0 Å². The minimum Gasteiger partial charge on any atom is -0.497 e. The predicted molar refractivity (Wildman–Crippen MR) is 126 cm³/mol. The van der Waals surface area contributed by atoms with Crippen molar-refractivity contribution in [1.82, 2.24) is 20.9 Å². The first-order chi connectivity index (χ1) is 15.5. The molecule has 1 amide bonds. The van der Waals surface area contributed by atoms with Gasteiger partial charge < -0.3 is 30.5 Å². The molecule has 4 N–H and O–H groups in total. The zero-order chi connectivity index (χ0) is 23.3. The number of carbonyl (C=O) groups excluding carboxylic acids is 1. The first-order valence-electron chi connectivity index (χ1n) is 11.4. The van der Waals surface area contributed by atoms with Crippen molar-refractivity contribution in [2.75, 3.05) is 53.5 Å². The second-order valence-electron chi connectivity index (χ2n) is 7.89. The summed E-state index contributed by atoms with van der Waals surface area (Å²) < 4.78 is 10.6. The van der Waals surface area contributed by atoms with Crippen molar-refractivity contribution >= 4 is 11.9 Å². The summed E-state index contributed by atoms with van der Waals surface area (Å²) in [5, 5.41) is 20.4. The Morgan fingerprint density at radius 3 is 2.59 bits per heavy atom. The van der Waals surface area contributed by atoms with Crippen molar-refractivity contribution in [3.8, 4) is 11.5 Å². The number of ether oxygens (including phenoxy) is 2. The lowest BCUT2D eigenvalue weighted by Crippen LogP contribution is -2.50. The minimum absolute atomic E-state index is 0.0927. The number of nitrogens with zero attached hydrogens (tertiary/aromatic N) is 2. The highest BCUT2D eigenvalue weighted by Crippen LogP contribution is 2.29. The van der Waals surface area contributed by atoms with Crippen LogP contribution in [0.25, 0.3) is 0 Å². The van der Waals surface area contributed by atoms with Gasteiger partial charge in [0.05, 0.1) is 27.3 Å². The number of hydrogen-bond acceptors (Lipinski definition) is 6. The normalized spacial score (nSPS) is 16.3. The molecule has 1 saturated heterocycles. The van der Waals surface area contributed by atoms with E-state index in [1.165, 1.54) is 0 Å². The van der Waals surface area contributed by atoms with E-state index in [4.69, 9.17) is 9.47 Å². The SMILES string of the molecule is CCCNC(=O)CN1CCC(NC(=NCC(O)c2cc(OC)ccc2OC)NCC)CC1. The van der Waals surface area contributed by atoms with E-state index in [9.17, 15) is 9.90 Å². The molecule has 1 atom stereocenters. The van der Waals surface area contributed by atoms with Crippen molar-refractivity contribution < 1.29 is 19.4 Å². The molecule has 0 spiro atoms. The van der Waals surface area contributed by atoms with E-state index in [-0.39, 0.29) is 18.5 Å². The number of aliphatic hydroxyl groups is 1. The van der Waals surface area contributed by atoms with Crippen LogP contribution >= 0.6 is 0 Å². The van der Waals surface area contributed by atoms with Gasteiger partial charge in [-0.3, -0.25) is 14.7 Å². The van der Waals surface area contributed by atoms with Crippen LogP contribution < -0.4 is 25.4 Å². The molecular formula is C23H39N5O4. The van der Waals surface area contributed by atoms with E-state index in [1.54, 1.807) is 32.4 Å². The monoisotopic (exact) mass is 449 g/mol. The van der Waals surface area contributed by atoms with Gasteiger partial charge in [-0.2, -0.15) is 0 Å². The van der Waals surface area contributed by atoms with Gasteiger partial charge in [0, 0.05) is 37.8 Å². The van der Waals surface area contributed by atoms with Crippen LogP contribution in [-0.2, 0) is 4.79 Å². The smallest absolute Gasteiger partial charge is 0.234 e. The number of likely N-dealkylation sites (tertiary alicyclic amines) is 1. The number of hydrogen-bond donors (Lipinski definition) is 4. The van der Waals surface area contributed by atoms with Crippen LogP contribution in [0.5, 0.6) is 11.5 Å².